The topological polar surface area (TPSA) is 45.6 Å². The highest BCUT2D eigenvalue weighted by Crippen LogP contribution is 2.17. The molecule has 0 bridgehead atoms. The highest BCUT2D eigenvalue weighted by molar-refractivity contribution is 5.43. The lowest BCUT2D eigenvalue weighted by Gasteiger charge is -2.22. The summed E-state index contributed by atoms with van der Waals surface area (Å²) in [6, 6.07) is 3.99. The fraction of sp³-hybridized carbons (Fsp3) is 0.643. The highest BCUT2D eigenvalue weighted by Gasteiger charge is 2.12. The Balaban J connectivity index is 2.21. The van der Waals surface area contributed by atoms with Gasteiger partial charge in [-0.1, -0.05) is 13.3 Å². The molecule has 1 aliphatic rings. The third-order valence-electron chi connectivity index (χ3n) is 3.16. The minimum Gasteiger partial charge on any atom is -0.392 e. The number of aliphatic hydroxyl groups excluding tert-OH is 1. The van der Waals surface area contributed by atoms with E-state index in [1.807, 2.05) is 12.1 Å². The molecule has 1 N–H and O–H groups in total. The number of anilines is 1. The van der Waals surface area contributed by atoms with Gasteiger partial charge in [0, 0.05) is 25.4 Å². The van der Waals surface area contributed by atoms with Gasteiger partial charge in [0.1, 0.15) is 5.82 Å². The van der Waals surface area contributed by atoms with E-state index in [9.17, 15) is 5.11 Å². The summed E-state index contributed by atoms with van der Waals surface area (Å²) in [5.74, 6) is 0.982. The van der Waals surface area contributed by atoms with Crippen LogP contribution in [0.25, 0.3) is 0 Å². The van der Waals surface area contributed by atoms with Gasteiger partial charge in [0.2, 0.25) is 0 Å². The molecule has 100 valence electrons. The molecule has 0 radical (unpaired) electrons. The van der Waals surface area contributed by atoms with Crippen molar-refractivity contribution in [3.8, 4) is 0 Å². The van der Waals surface area contributed by atoms with Gasteiger partial charge in [0.05, 0.1) is 13.2 Å². The second kappa shape index (κ2) is 6.71. The maximum atomic E-state index is 9.34. The molecule has 2 rings (SSSR count). The molecule has 0 spiro atoms. The van der Waals surface area contributed by atoms with Crippen molar-refractivity contribution in [1.29, 1.82) is 0 Å². The van der Waals surface area contributed by atoms with Gasteiger partial charge in [-0.2, -0.15) is 0 Å². The average Bonchev–Trinajstić information content (AvgIpc) is 2.67. The molecule has 0 unspecified atom stereocenters. The Kier molecular flexibility index (Phi) is 4.96. The summed E-state index contributed by atoms with van der Waals surface area (Å²) < 4.78 is 5.46. The maximum absolute atomic E-state index is 9.34. The molecular weight excluding hydrogens is 228 g/mol. The molecule has 18 heavy (non-hydrogen) atoms. The summed E-state index contributed by atoms with van der Waals surface area (Å²) in [6.07, 6.45) is 3.07. The fourth-order valence-electron chi connectivity index (χ4n) is 2.25. The summed E-state index contributed by atoms with van der Waals surface area (Å²) in [5, 5.41) is 9.34. The zero-order valence-corrected chi connectivity index (χ0v) is 11.1. The zero-order valence-electron chi connectivity index (χ0n) is 11.1. The zero-order chi connectivity index (χ0) is 12.8. The minimum absolute atomic E-state index is 0.0799. The largest absolute Gasteiger partial charge is 0.392 e. The van der Waals surface area contributed by atoms with E-state index in [1.165, 1.54) is 0 Å². The Bertz CT molecular complexity index is 374. The molecule has 1 saturated heterocycles. The van der Waals surface area contributed by atoms with E-state index in [0.717, 1.165) is 62.6 Å². The monoisotopic (exact) mass is 250 g/mol. The molecule has 0 aromatic carbocycles. The van der Waals surface area contributed by atoms with E-state index in [1.54, 1.807) is 0 Å². The van der Waals surface area contributed by atoms with Crippen molar-refractivity contribution in [3.05, 3.63) is 23.4 Å². The molecule has 0 atom stereocenters. The van der Waals surface area contributed by atoms with Crippen molar-refractivity contribution in [2.24, 2.45) is 0 Å². The number of aryl methyl sites for hydroxylation is 1. The van der Waals surface area contributed by atoms with Crippen molar-refractivity contribution in [1.82, 2.24) is 4.98 Å². The van der Waals surface area contributed by atoms with Crippen LogP contribution in [0.2, 0.25) is 0 Å². The van der Waals surface area contributed by atoms with E-state index in [0.29, 0.717) is 0 Å². The summed E-state index contributed by atoms with van der Waals surface area (Å²) in [5.41, 5.74) is 2.03. The molecule has 0 aliphatic carbocycles. The Morgan fingerprint density at radius 1 is 1.33 bits per heavy atom. The van der Waals surface area contributed by atoms with Crippen LogP contribution in [0.15, 0.2) is 12.1 Å². The van der Waals surface area contributed by atoms with Crippen molar-refractivity contribution < 1.29 is 9.84 Å². The predicted molar refractivity (Wildman–Crippen MR) is 71.8 cm³/mol. The molecule has 1 aliphatic heterocycles. The van der Waals surface area contributed by atoms with Crippen LogP contribution in [0.1, 0.15) is 31.0 Å². The van der Waals surface area contributed by atoms with E-state index in [4.69, 9.17) is 9.72 Å². The number of nitrogens with zero attached hydrogens (tertiary/aromatic N) is 2. The predicted octanol–water partition coefficient (Wildman–Crippen LogP) is 1.75. The summed E-state index contributed by atoms with van der Waals surface area (Å²) in [7, 11) is 0. The van der Waals surface area contributed by atoms with Crippen molar-refractivity contribution in [2.45, 2.75) is 32.8 Å². The van der Waals surface area contributed by atoms with Crippen LogP contribution in [0.3, 0.4) is 0 Å². The van der Waals surface area contributed by atoms with Crippen molar-refractivity contribution >= 4 is 5.82 Å². The SMILES string of the molecule is CCCc1cc(CO)cc(N2CCCOCC2)n1. The molecule has 4 heteroatoms. The molecule has 1 fully saturated rings. The molecular formula is C14H22N2O2. The van der Waals surface area contributed by atoms with Crippen molar-refractivity contribution in [3.63, 3.8) is 0 Å². The van der Waals surface area contributed by atoms with Gasteiger partial charge < -0.3 is 14.7 Å². The number of aliphatic hydroxyl groups is 1. The number of hydrogen-bond donors (Lipinski definition) is 1. The van der Waals surface area contributed by atoms with Crippen molar-refractivity contribution in [2.75, 3.05) is 31.2 Å². The van der Waals surface area contributed by atoms with E-state index in [-0.39, 0.29) is 6.61 Å². The lowest BCUT2D eigenvalue weighted by Crippen LogP contribution is -2.27. The first kappa shape index (κ1) is 13.3. The van der Waals surface area contributed by atoms with Crippen LogP contribution in [-0.2, 0) is 17.8 Å². The molecule has 1 aromatic rings. The highest BCUT2D eigenvalue weighted by atomic mass is 16.5. The second-order valence-electron chi connectivity index (χ2n) is 4.69. The van der Waals surface area contributed by atoms with Crippen LogP contribution in [0.5, 0.6) is 0 Å². The Labute approximate surface area is 109 Å². The summed E-state index contributed by atoms with van der Waals surface area (Å²) >= 11 is 0. The van der Waals surface area contributed by atoms with E-state index in [2.05, 4.69) is 11.8 Å². The van der Waals surface area contributed by atoms with Crippen LogP contribution in [0.4, 0.5) is 5.82 Å². The van der Waals surface area contributed by atoms with Gasteiger partial charge in [-0.15, -0.1) is 0 Å². The van der Waals surface area contributed by atoms with Gasteiger partial charge in [-0.25, -0.2) is 4.98 Å². The number of pyridine rings is 1. The van der Waals surface area contributed by atoms with Crippen LogP contribution in [-0.4, -0.2) is 36.4 Å². The Hall–Kier alpha value is -1.13. The van der Waals surface area contributed by atoms with Gasteiger partial charge in [-0.3, -0.25) is 0 Å². The maximum Gasteiger partial charge on any atom is 0.129 e. The van der Waals surface area contributed by atoms with Crippen LogP contribution >= 0.6 is 0 Å². The standard InChI is InChI=1S/C14H22N2O2/c1-2-4-13-9-12(11-17)10-14(15-13)16-5-3-7-18-8-6-16/h9-10,17H,2-8,11H2,1H3. The van der Waals surface area contributed by atoms with E-state index >= 15 is 0 Å². The molecule has 4 nitrogen and oxygen atoms in total. The van der Waals surface area contributed by atoms with Gasteiger partial charge in [0.25, 0.3) is 0 Å². The minimum atomic E-state index is 0.0799. The average molecular weight is 250 g/mol. The molecule has 0 saturated carbocycles. The summed E-state index contributed by atoms with van der Waals surface area (Å²) in [6.45, 7) is 5.68. The first-order valence-electron chi connectivity index (χ1n) is 6.77. The quantitative estimate of drug-likeness (QED) is 0.884. The lowest BCUT2D eigenvalue weighted by atomic mass is 10.1. The number of hydrogen-bond acceptors (Lipinski definition) is 4. The number of aromatic nitrogens is 1. The normalized spacial score (nSPS) is 16.7. The molecule has 2 heterocycles. The Morgan fingerprint density at radius 3 is 3.00 bits per heavy atom. The number of ether oxygens (including phenoxy) is 1. The van der Waals surface area contributed by atoms with Gasteiger partial charge in [0.15, 0.2) is 0 Å². The summed E-state index contributed by atoms with van der Waals surface area (Å²) in [4.78, 5) is 6.95. The molecule has 0 amide bonds. The number of rotatable bonds is 4. The first-order valence-corrected chi connectivity index (χ1v) is 6.77. The van der Waals surface area contributed by atoms with Crippen LogP contribution in [0, 0.1) is 0 Å². The smallest absolute Gasteiger partial charge is 0.129 e. The molecule has 1 aromatic heterocycles. The van der Waals surface area contributed by atoms with Gasteiger partial charge >= 0.3 is 0 Å². The lowest BCUT2D eigenvalue weighted by molar-refractivity contribution is 0.152. The Morgan fingerprint density at radius 2 is 2.22 bits per heavy atom. The fourth-order valence-corrected chi connectivity index (χ4v) is 2.25. The van der Waals surface area contributed by atoms with Crippen LogP contribution < -0.4 is 4.90 Å². The third kappa shape index (κ3) is 3.43. The first-order chi connectivity index (χ1) is 8.83. The van der Waals surface area contributed by atoms with Gasteiger partial charge in [-0.05, 0) is 30.5 Å². The third-order valence-corrected chi connectivity index (χ3v) is 3.16. The van der Waals surface area contributed by atoms with E-state index < -0.39 is 0 Å². The second-order valence-corrected chi connectivity index (χ2v) is 4.69.